The Balaban J connectivity index is 1.54. The molecule has 0 radical (unpaired) electrons. The summed E-state index contributed by atoms with van der Waals surface area (Å²) in [6, 6.07) is 13.5. The predicted molar refractivity (Wildman–Crippen MR) is 132 cm³/mol. The van der Waals surface area contributed by atoms with Crippen molar-refractivity contribution in [1.29, 1.82) is 0 Å². The third-order valence-corrected chi connectivity index (χ3v) is 5.46. The molecule has 0 nitrogen and oxygen atoms in total. The van der Waals surface area contributed by atoms with E-state index in [-0.39, 0.29) is 16.7 Å². The zero-order valence-corrected chi connectivity index (χ0v) is 19.2. The summed E-state index contributed by atoms with van der Waals surface area (Å²) in [5, 5.41) is 0.988. The van der Waals surface area contributed by atoms with Crippen molar-refractivity contribution < 1.29 is 22.0 Å². The van der Waals surface area contributed by atoms with Gasteiger partial charge in [0.05, 0.1) is 11.1 Å². The number of hydrogen-bond acceptors (Lipinski definition) is 0. The Bertz CT molecular complexity index is 1580. The molecule has 0 bridgehead atoms. The molecule has 4 rings (SSSR count). The quantitative estimate of drug-likeness (QED) is 0.157. The lowest BCUT2D eigenvalue weighted by atomic mass is 10.0. The number of rotatable bonds is 3. The molecule has 4 aromatic rings. The minimum atomic E-state index is -0.963. The highest BCUT2D eigenvalue weighted by Gasteiger charge is 2.09. The Labute approximate surface area is 206 Å². The molecular weight excluding hydrogens is 467 g/mol. The first-order valence-corrected chi connectivity index (χ1v) is 11.2. The third kappa shape index (κ3) is 5.82. The van der Waals surface area contributed by atoms with Crippen LogP contribution in [0.1, 0.15) is 41.2 Å². The van der Waals surface area contributed by atoms with Gasteiger partial charge in [-0.3, -0.25) is 0 Å². The third-order valence-electron chi connectivity index (χ3n) is 5.46. The van der Waals surface area contributed by atoms with Crippen LogP contribution in [0.3, 0.4) is 0 Å². The van der Waals surface area contributed by atoms with Crippen LogP contribution in [0.15, 0.2) is 72.8 Å². The van der Waals surface area contributed by atoms with Crippen molar-refractivity contribution in [3.8, 4) is 23.7 Å². The molecule has 0 atom stereocenters. The van der Waals surface area contributed by atoms with Crippen LogP contribution in [0, 0.1) is 52.8 Å². The smallest absolute Gasteiger partial charge is 0.159 e. The van der Waals surface area contributed by atoms with Gasteiger partial charge in [-0.15, -0.1) is 0 Å². The highest BCUT2D eigenvalue weighted by Crippen LogP contribution is 2.20. The number of fused-ring (bicyclic) bond motifs is 1. The van der Waals surface area contributed by atoms with E-state index in [1.165, 1.54) is 24.3 Å². The Kier molecular flexibility index (Phi) is 7.52. The Hall–Kier alpha value is -4.35. The minimum absolute atomic E-state index is 0.0915. The van der Waals surface area contributed by atoms with Crippen LogP contribution in [0.4, 0.5) is 22.0 Å². The number of aryl methyl sites for hydroxylation is 1. The van der Waals surface area contributed by atoms with E-state index >= 15 is 0 Å². The molecule has 0 aliphatic heterocycles. The summed E-state index contributed by atoms with van der Waals surface area (Å²) >= 11 is 0. The van der Waals surface area contributed by atoms with Crippen LogP contribution in [-0.2, 0) is 6.42 Å². The molecule has 0 aromatic heterocycles. The van der Waals surface area contributed by atoms with Gasteiger partial charge in [0.2, 0.25) is 0 Å². The molecular formula is C31H19F5. The second-order valence-electron chi connectivity index (χ2n) is 8.07. The summed E-state index contributed by atoms with van der Waals surface area (Å²) in [5.41, 5.74) is 0.982. The van der Waals surface area contributed by atoms with Gasteiger partial charge in [0.1, 0.15) is 17.5 Å². The lowest BCUT2D eigenvalue weighted by Gasteiger charge is -2.03. The van der Waals surface area contributed by atoms with Gasteiger partial charge < -0.3 is 0 Å². The van der Waals surface area contributed by atoms with E-state index in [0.717, 1.165) is 18.2 Å². The first-order valence-electron chi connectivity index (χ1n) is 11.2. The van der Waals surface area contributed by atoms with Crippen molar-refractivity contribution in [1.82, 2.24) is 0 Å². The van der Waals surface area contributed by atoms with Crippen molar-refractivity contribution in [2.24, 2.45) is 0 Å². The molecule has 0 saturated heterocycles. The zero-order chi connectivity index (χ0) is 25.7. The van der Waals surface area contributed by atoms with E-state index in [1.807, 2.05) is 19.1 Å². The van der Waals surface area contributed by atoms with E-state index < -0.39 is 29.1 Å². The average molecular weight is 486 g/mol. The molecule has 0 amide bonds. The molecule has 178 valence electrons. The van der Waals surface area contributed by atoms with Crippen LogP contribution in [-0.4, -0.2) is 0 Å². The van der Waals surface area contributed by atoms with Crippen molar-refractivity contribution in [2.75, 3.05) is 0 Å². The fraction of sp³-hybridized carbons (Fsp3) is 0.0968. The highest BCUT2D eigenvalue weighted by atomic mass is 19.2. The normalized spacial score (nSPS) is 10.7. The van der Waals surface area contributed by atoms with Crippen molar-refractivity contribution in [2.45, 2.75) is 19.8 Å². The molecule has 0 fully saturated rings. The molecule has 0 aliphatic rings. The van der Waals surface area contributed by atoms with E-state index in [1.54, 1.807) is 18.2 Å². The summed E-state index contributed by atoms with van der Waals surface area (Å²) in [5.74, 6) is 6.46. The first-order chi connectivity index (χ1) is 17.3. The molecule has 5 heteroatoms. The maximum Gasteiger partial charge on any atom is 0.159 e. The fourth-order valence-corrected chi connectivity index (χ4v) is 3.59. The number of benzene rings is 4. The van der Waals surface area contributed by atoms with Gasteiger partial charge in [0.15, 0.2) is 11.6 Å². The maximum absolute atomic E-state index is 14.6. The lowest BCUT2D eigenvalue weighted by molar-refractivity contribution is 0.511. The van der Waals surface area contributed by atoms with Gasteiger partial charge in [-0.2, -0.15) is 0 Å². The average Bonchev–Trinajstić information content (AvgIpc) is 2.84. The van der Waals surface area contributed by atoms with Crippen LogP contribution in [0.2, 0.25) is 0 Å². The molecule has 0 saturated carbocycles. The number of halogens is 5. The monoisotopic (exact) mass is 486 g/mol. The van der Waals surface area contributed by atoms with Gasteiger partial charge in [0, 0.05) is 11.1 Å². The maximum atomic E-state index is 14.6. The van der Waals surface area contributed by atoms with Gasteiger partial charge in [-0.05, 0) is 90.7 Å². The second kappa shape index (κ2) is 10.9. The Morgan fingerprint density at radius 2 is 1.25 bits per heavy atom. The number of hydrogen-bond donors (Lipinski definition) is 0. The summed E-state index contributed by atoms with van der Waals surface area (Å²) in [6.07, 6.45) is 4.97. The molecule has 0 N–H and O–H groups in total. The Morgan fingerprint density at radius 3 is 1.94 bits per heavy atom. The fourth-order valence-electron chi connectivity index (χ4n) is 3.59. The SMILES string of the molecule is C/C=C/CCc1cc(F)c(C#Cc2ccc(C#Cc3ccc4cc(F)c(F)cc4c3)c(F)c2)c(F)c1. The molecule has 4 aromatic carbocycles. The molecule has 0 aliphatic carbocycles. The Morgan fingerprint density at radius 1 is 0.611 bits per heavy atom. The van der Waals surface area contributed by atoms with Crippen molar-refractivity contribution >= 4 is 10.8 Å². The van der Waals surface area contributed by atoms with Gasteiger partial charge >= 0.3 is 0 Å². The summed E-state index contributed by atoms with van der Waals surface area (Å²) < 4.78 is 70.2. The molecule has 0 heterocycles. The predicted octanol–water partition coefficient (Wildman–Crippen LogP) is 7.84. The van der Waals surface area contributed by atoms with Crippen LogP contribution >= 0.6 is 0 Å². The minimum Gasteiger partial charge on any atom is -0.206 e. The van der Waals surface area contributed by atoms with E-state index in [0.29, 0.717) is 34.7 Å². The summed E-state index contributed by atoms with van der Waals surface area (Å²) in [6.45, 7) is 1.88. The van der Waals surface area contributed by atoms with Crippen LogP contribution in [0.5, 0.6) is 0 Å². The zero-order valence-electron chi connectivity index (χ0n) is 19.2. The summed E-state index contributed by atoms with van der Waals surface area (Å²) in [7, 11) is 0. The van der Waals surface area contributed by atoms with Crippen molar-refractivity contribution in [3.63, 3.8) is 0 Å². The number of allylic oxidation sites excluding steroid dienone is 2. The van der Waals surface area contributed by atoms with Crippen molar-refractivity contribution in [3.05, 3.63) is 130 Å². The molecule has 0 unspecified atom stereocenters. The highest BCUT2D eigenvalue weighted by molar-refractivity contribution is 5.84. The van der Waals surface area contributed by atoms with E-state index in [9.17, 15) is 22.0 Å². The molecule has 36 heavy (non-hydrogen) atoms. The standard InChI is InChI=1S/C31H19F5/c1-2-3-4-5-22-16-28(33)26(29(34)17-22)13-9-21-7-11-23(27(32)15-21)10-6-20-8-12-24-18-30(35)31(36)19-25(24)14-20/h2-3,7-8,11-12,14-19H,4-5H2,1H3/b3-2+. The van der Waals surface area contributed by atoms with Gasteiger partial charge in [-0.25, -0.2) is 22.0 Å². The summed E-state index contributed by atoms with van der Waals surface area (Å²) in [4.78, 5) is 0. The first kappa shape index (κ1) is 24.8. The largest absolute Gasteiger partial charge is 0.206 e. The lowest BCUT2D eigenvalue weighted by Crippen LogP contribution is -1.95. The van der Waals surface area contributed by atoms with Crippen LogP contribution < -0.4 is 0 Å². The van der Waals surface area contributed by atoms with E-state index in [4.69, 9.17) is 0 Å². The molecule has 0 spiro atoms. The second-order valence-corrected chi connectivity index (χ2v) is 8.07. The van der Waals surface area contributed by atoms with Crippen LogP contribution in [0.25, 0.3) is 10.8 Å². The van der Waals surface area contributed by atoms with Gasteiger partial charge in [0.25, 0.3) is 0 Å². The van der Waals surface area contributed by atoms with Gasteiger partial charge in [-0.1, -0.05) is 41.9 Å². The topological polar surface area (TPSA) is 0 Å². The van der Waals surface area contributed by atoms with E-state index in [2.05, 4.69) is 23.7 Å².